The number of fused-ring (bicyclic) bond motifs is 2. The van der Waals surface area contributed by atoms with Gasteiger partial charge in [0.05, 0.1) is 11.9 Å². The summed E-state index contributed by atoms with van der Waals surface area (Å²) in [4.78, 5) is 15.4. The van der Waals surface area contributed by atoms with E-state index in [9.17, 15) is 0 Å². The van der Waals surface area contributed by atoms with Gasteiger partial charge in [-0.25, -0.2) is 15.0 Å². The van der Waals surface area contributed by atoms with E-state index in [0.717, 1.165) is 31.8 Å². The van der Waals surface area contributed by atoms with Gasteiger partial charge in [0.15, 0.2) is 0 Å². The van der Waals surface area contributed by atoms with Gasteiger partial charge in [-0.15, -0.1) is 0 Å². The number of aromatic nitrogens is 5. The van der Waals surface area contributed by atoms with Crippen LogP contribution < -0.4 is 0 Å². The summed E-state index contributed by atoms with van der Waals surface area (Å²) in [5.74, 6) is 2.68. The van der Waals surface area contributed by atoms with Gasteiger partial charge in [-0.05, 0) is 25.5 Å². The molecule has 1 unspecified atom stereocenters. The van der Waals surface area contributed by atoms with Crippen molar-refractivity contribution in [1.29, 1.82) is 0 Å². The summed E-state index contributed by atoms with van der Waals surface area (Å²) in [7, 11) is 2.18. The zero-order valence-electron chi connectivity index (χ0n) is 12.8. The van der Waals surface area contributed by atoms with Crippen molar-refractivity contribution in [3.8, 4) is 0 Å². The Labute approximate surface area is 129 Å². The molecule has 0 aliphatic carbocycles. The minimum Gasteiger partial charge on any atom is -0.335 e. The number of imidazole rings is 2. The molecule has 0 saturated carbocycles. The molecule has 6 nitrogen and oxygen atoms in total. The Morgan fingerprint density at radius 1 is 1.23 bits per heavy atom. The maximum atomic E-state index is 4.40. The first kappa shape index (κ1) is 13.5. The van der Waals surface area contributed by atoms with Crippen molar-refractivity contribution in [3.63, 3.8) is 0 Å². The highest BCUT2D eigenvalue weighted by Crippen LogP contribution is 2.20. The fourth-order valence-corrected chi connectivity index (χ4v) is 3.36. The van der Waals surface area contributed by atoms with E-state index in [-0.39, 0.29) is 0 Å². The van der Waals surface area contributed by atoms with E-state index in [1.54, 1.807) is 6.20 Å². The molecular formula is C16H20N6. The highest BCUT2D eigenvalue weighted by molar-refractivity contribution is 5.30. The normalized spacial score (nSPS) is 18.0. The maximum absolute atomic E-state index is 4.40. The molecule has 0 radical (unpaired) electrons. The number of nitrogens with zero attached hydrogens (tertiary/aromatic N) is 6. The van der Waals surface area contributed by atoms with Crippen molar-refractivity contribution >= 4 is 5.78 Å². The van der Waals surface area contributed by atoms with Gasteiger partial charge < -0.3 is 9.47 Å². The largest absolute Gasteiger partial charge is 0.335 e. The van der Waals surface area contributed by atoms with Crippen LogP contribution in [0.5, 0.6) is 0 Å². The standard InChI is InChI=1S/C16H20N6/c1-20(10-13-3-4-15-17-6-8-21(15)11-13)12-14-9-19-16-18-5-2-7-22(14)16/h2,5-9,13H,3-4,10-12H2,1H3. The molecule has 1 aliphatic heterocycles. The molecule has 0 bridgehead atoms. The predicted octanol–water partition coefficient (Wildman–Crippen LogP) is 1.62. The molecule has 0 fully saturated rings. The SMILES string of the molecule is CN(Cc1cnc2ncccn12)CC1CCc2nccn2C1. The van der Waals surface area contributed by atoms with Crippen LogP contribution in [0.4, 0.5) is 0 Å². The van der Waals surface area contributed by atoms with E-state index < -0.39 is 0 Å². The van der Waals surface area contributed by atoms with Gasteiger partial charge in [-0.3, -0.25) is 4.40 Å². The highest BCUT2D eigenvalue weighted by atomic mass is 15.2. The zero-order chi connectivity index (χ0) is 14.9. The lowest BCUT2D eigenvalue weighted by atomic mass is 9.99. The second-order valence-corrected chi connectivity index (χ2v) is 6.14. The Bertz CT molecular complexity index is 774. The predicted molar refractivity (Wildman–Crippen MR) is 83.4 cm³/mol. The molecule has 4 rings (SSSR count). The monoisotopic (exact) mass is 296 g/mol. The molecule has 0 aromatic carbocycles. The smallest absolute Gasteiger partial charge is 0.233 e. The number of hydrogen-bond acceptors (Lipinski definition) is 4. The third kappa shape index (κ3) is 2.50. The quantitative estimate of drug-likeness (QED) is 0.734. The van der Waals surface area contributed by atoms with Crippen molar-refractivity contribution in [2.75, 3.05) is 13.6 Å². The topological polar surface area (TPSA) is 51.3 Å². The van der Waals surface area contributed by atoms with Crippen LogP contribution in [-0.4, -0.2) is 42.4 Å². The summed E-state index contributed by atoms with van der Waals surface area (Å²) >= 11 is 0. The van der Waals surface area contributed by atoms with Crippen molar-refractivity contribution < 1.29 is 0 Å². The van der Waals surface area contributed by atoms with Crippen LogP contribution in [0, 0.1) is 5.92 Å². The van der Waals surface area contributed by atoms with E-state index in [0.29, 0.717) is 5.92 Å². The van der Waals surface area contributed by atoms with Crippen LogP contribution in [0.25, 0.3) is 5.78 Å². The van der Waals surface area contributed by atoms with E-state index in [4.69, 9.17) is 0 Å². The Kier molecular flexibility index (Phi) is 3.38. The molecule has 3 aromatic heterocycles. The van der Waals surface area contributed by atoms with Gasteiger partial charge in [0, 0.05) is 50.8 Å². The lowest BCUT2D eigenvalue weighted by Crippen LogP contribution is -2.31. The van der Waals surface area contributed by atoms with Crippen molar-refractivity contribution in [1.82, 2.24) is 28.8 Å². The van der Waals surface area contributed by atoms with E-state index in [2.05, 4.69) is 42.1 Å². The lowest BCUT2D eigenvalue weighted by molar-refractivity contribution is 0.227. The second-order valence-electron chi connectivity index (χ2n) is 6.14. The fraction of sp³-hybridized carbons (Fsp3) is 0.438. The summed E-state index contributed by atoms with van der Waals surface area (Å²) < 4.78 is 4.35. The average molecular weight is 296 g/mol. The second kappa shape index (κ2) is 5.53. The number of hydrogen-bond donors (Lipinski definition) is 0. The summed E-state index contributed by atoms with van der Waals surface area (Å²) in [5, 5.41) is 0. The molecule has 0 N–H and O–H groups in total. The van der Waals surface area contributed by atoms with Gasteiger partial charge in [0.1, 0.15) is 5.82 Å². The summed E-state index contributed by atoms with van der Waals surface area (Å²) in [6, 6.07) is 1.94. The molecule has 6 heteroatoms. The average Bonchev–Trinajstić information content (AvgIpc) is 3.14. The molecule has 4 heterocycles. The van der Waals surface area contributed by atoms with Crippen LogP contribution >= 0.6 is 0 Å². The molecule has 114 valence electrons. The van der Waals surface area contributed by atoms with Crippen molar-refractivity contribution in [2.24, 2.45) is 5.92 Å². The van der Waals surface area contributed by atoms with E-state index >= 15 is 0 Å². The summed E-state index contributed by atoms with van der Waals surface area (Å²) in [6.07, 6.45) is 12.0. The third-order valence-electron chi connectivity index (χ3n) is 4.40. The Hall–Kier alpha value is -2.21. The highest BCUT2D eigenvalue weighted by Gasteiger charge is 2.20. The molecule has 22 heavy (non-hydrogen) atoms. The van der Waals surface area contributed by atoms with Gasteiger partial charge in [-0.1, -0.05) is 0 Å². The van der Waals surface area contributed by atoms with Gasteiger partial charge >= 0.3 is 0 Å². The minimum absolute atomic E-state index is 0.684. The molecule has 1 aliphatic rings. The number of aryl methyl sites for hydroxylation is 1. The Balaban J connectivity index is 1.42. The molecule has 1 atom stereocenters. The van der Waals surface area contributed by atoms with Crippen molar-refractivity contribution in [2.45, 2.75) is 25.9 Å². The first-order valence-electron chi connectivity index (χ1n) is 7.75. The maximum Gasteiger partial charge on any atom is 0.233 e. The van der Waals surface area contributed by atoms with Crippen LogP contribution in [0.2, 0.25) is 0 Å². The molecular weight excluding hydrogens is 276 g/mol. The first-order valence-corrected chi connectivity index (χ1v) is 7.75. The molecule has 0 saturated heterocycles. The Morgan fingerprint density at radius 2 is 2.18 bits per heavy atom. The third-order valence-corrected chi connectivity index (χ3v) is 4.40. The minimum atomic E-state index is 0.684. The van der Waals surface area contributed by atoms with E-state index in [1.165, 1.54) is 17.9 Å². The first-order chi connectivity index (χ1) is 10.8. The van der Waals surface area contributed by atoms with Crippen molar-refractivity contribution in [3.05, 3.63) is 48.6 Å². The van der Waals surface area contributed by atoms with Crippen LogP contribution in [-0.2, 0) is 19.5 Å². The lowest BCUT2D eigenvalue weighted by Gasteiger charge is -2.28. The van der Waals surface area contributed by atoms with Gasteiger partial charge in [0.25, 0.3) is 0 Å². The summed E-state index contributed by atoms with van der Waals surface area (Å²) in [5.41, 5.74) is 1.18. The van der Waals surface area contributed by atoms with Crippen LogP contribution in [0.3, 0.4) is 0 Å². The molecule has 3 aromatic rings. The summed E-state index contributed by atoms with van der Waals surface area (Å²) in [6.45, 7) is 3.06. The van der Waals surface area contributed by atoms with Crippen LogP contribution in [0.15, 0.2) is 37.1 Å². The van der Waals surface area contributed by atoms with Crippen LogP contribution in [0.1, 0.15) is 17.9 Å². The fourth-order valence-electron chi connectivity index (χ4n) is 3.36. The zero-order valence-corrected chi connectivity index (χ0v) is 12.8. The molecule has 0 amide bonds. The van der Waals surface area contributed by atoms with Gasteiger partial charge in [-0.2, -0.15) is 0 Å². The number of rotatable bonds is 4. The van der Waals surface area contributed by atoms with E-state index in [1.807, 2.05) is 24.7 Å². The Morgan fingerprint density at radius 3 is 3.14 bits per heavy atom. The van der Waals surface area contributed by atoms with Gasteiger partial charge in [0.2, 0.25) is 5.78 Å². The molecule has 0 spiro atoms.